The number of hydrogen-bond donors (Lipinski definition) is 1. The molecule has 88 valence electrons. The monoisotopic (exact) mass is 239 g/mol. The summed E-state index contributed by atoms with van der Waals surface area (Å²) in [6, 6.07) is 7.61. The van der Waals surface area contributed by atoms with E-state index in [-0.39, 0.29) is 6.10 Å². The first kappa shape index (κ1) is 11.7. The van der Waals surface area contributed by atoms with Crippen LogP contribution in [0.3, 0.4) is 0 Å². The number of piperidine rings is 1. The van der Waals surface area contributed by atoms with Gasteiger partial charge in [0.25, 0.3) is 0 Å². The predicted molar refractivity (Wildman–Crippen MR) is 67.1 cm³/mol. The highest BCUT2D eigenvalue weighted by Crippen LogP contribution is 2.22. The van der Waals surface area contributed by atoms with Crippen LogP contribution in [-0.4, -0.2) is 19.2 Å². The highest BCUT2D eigenvalue weighted by Gasteiger charge is 2.21. The zero-order chi connectivity index (χ0) is 11.4. The fourth-order valence-electron chi connectivity index (χ4n) is 2.13. The molecule has 0 bridgehead atoms. The number of hydrogen-bond acceptors (Lipinski definition) is 2. The van der Waals surface area contributed by atoms with Gasteiger partial charge in [-0.1, -0.05) is 17.7 Å². The normalized spacial score (nSPS) is 22.8. The lowest BCUT2D eigenvalue weighted by atomic mass is 9.95. The molecule has 1 N–H and O–H groups in total. The Kier molecular flexibility index (Phi) is 4.08. The van der Waals surface area contributed by atoms with E-state index in [1.807, 2.05) is 24.3 Å². The second kappa shape index (κ2) is 5.55. The molecular formula is C13H18ClNO. The molecule has 0 amide bonds. The zero-order valence-corrected chi connectivity index (χ0v) is 10.3. The molecule has 16 heavy (non-hydrogen) atoms. The number of nitrogens with one attached hydrogen (secondary N) is 1. The fourth-order valence-corrected chi connectivity index (χ4v) is 2.31. The topological polar surface area (TPSA) is 21.3 Å². The molecule has 1 aromatic carbocycles. The maximum atomic E-state index is 5.92. The minimum atomic E-state index is 0.242. The molecule has 2 rings (SSSR count). The zero-order valence-electron chi connectivity index (χ0n) is 9.58. The molecule has 1 fully saturated rings. The molecule has 1 aliphatic heterocycles. The van der Waals surface area contributed by atoms with Crippen LogP contribution in [0.15, 0.2) is 24.3 Å². The summed E-state index contributed by atoms with van der Waals surface area (Å²) in [6.07, 6.45) is 2.73. The lowest BCUT2D eigenvalue weighted by molar-refractivity contribution is 0.131. The largest absolute Gasteiger partial charge is 0.490 e. The third kappa shape index (κ3) is 3.13. The van der Waals surface area contributed by atoms with Gasteiger partial charge in [-0.15, -0.1) is 0 Å². The molecule has 1 aliphatic rings. The molecule has 2 atom stereocenters. The molecule has 0 aromatic heterocycles. The Labute approximate surface area is 102 Å². The molecular weight excluding hydrogens is 222 g/mol. The number of rotatable bonds is 3. The van der Waals surface area contributed by atoms with Crippen molar-refractivity contribution in [2.24, 2.45) is 5.92 Å². The molecule has 2 nitrogen and oxygen atoms in total. The summed E-state index contributed by atoms with van der Waals surface area (Å²) in [6.45, 7) is 4.33. The molecule has 0 spiro atoms. The summed E-state index contributed by atoms with van der Waals surface area (Å²) in [5.74, 6) is 1.47. The molecule has 3 heteroatoms. The Hall–Kier alpha value is -0.730. The lowest BCUT2D eigenvalue weighted by Gasteiger charge is -2.28. The van der Waals surface area contributed by atoms with Crippen LogP contribution >= 0.6 is 11.6 Å². The first-order chi connectivity index (χ1) is 7.75. The van der Waals surface area contributed by atoms with Crippen LogP contribution in [0.5, 0.6) is 5.75 Å². The highest BCUT2D eigenvalue weighted by molar-refractivity contribution is 6.30. The first-order valence-corrected chi connectivity index (χ1v) is 6.26. The summed E-state index contributed by atoms with van der Waals surface area (Å²) >= 11 is 5.92. The van der Waals surface area contributed by atoms with Crippen molar-refractivity contribution in [3.05, 3.63) is 29.3 Å². The van der Waals surface area contributed by atoms with Crippen molar-refractivity contribution in [2.45, 2.75) is 25.9 Å². The average molecular weight is 240 g/mol. The van der Waals surface area contributed by atoms with Gasteiger partial charge < -0.3 is 10.1 Å². The van der Waals surface area contributed by atoms with E-state index in [9.17, 15) is 0 Å². The van der Waals surface area contributed by atoms with Crippen molar-refractivity contribution in [3.63, 3.8) is 0 Å². The third-order valence-corrected chi connectivity index (χ3v) is 3.35. The SMILES string of the molecule is CC(Oc1cccc(Cl)c1)C1CCCNC1. The van der Waals surface area contributed by atoms with Gasteiger partial charge in [-0.25, -0.2) is 0 Å². The molecule has 0 saturated carbocycles. The summed E-state index contributed by atoms with van der Waals surface area (Å²) < 4.78 is 5.91. The summed E-state index contributed by atoms with van der Waals surface area (Å²) in [5.41, 5.74) is 0. The van der Waals surface area contributed by atoms with Gasteiger partial charge in [-0.2, -0.15) is 0 Å². The standard InChI is InChI=1S/C13H18ClNO/c1-10(11-4-3-7-15-9-11)16-13-6-2-5-12(14)8-13/h2,5-6,8,10-11,15H,3-4,7,9H2,1H3. The quantitative estimate of drug-likeness (QED) is 0.875. The van der Waals surface area contributed by atoms with E-state index in [1.165, 1.54) is 12.8 Å². The maximum Gasteiger partial charge on any atom is 0.121 e. The van der Waals surface area contributed by atoms with Crippen molar-refractivity contribution < 1.29 is 4.74 Å². The van der Waals surface area contributed by atoms with Gasteiger partial charge in [-0.05, 0) is 44.5 Å². The number of benzene rings is 1. The maximum absolute atomic E-state index is 5.92. The molecule has 1 heterocycles. The van der Waals surface area contributed by atoms with E-state index in [2.05, 4.69) is 12.2 Å². The molecule has 1 saturated heterocycles. The van der Waals surface area contributed by atoms with Gasteiger partial charge in [0, 0.05) is 17.5 Å². The van der Waals surface area contributed by atoms with Crippen LogP contribution in [0, 0.1) is 5.92 Å². The van der Waals surface area contributed by atoms with E-state index >= 15 is 0 Å². The molecule has 2 unspecified atom stereocenters. The second-order valence-corrected chi connectivity index (χ2v) is 4.82. The molecule has 1 aromatic rings. The van der Waals surface area contributed by atoms with Gasteiger partial charge in [0.05, 0.1) is 6.10 Å². The van der Waals surface area contributed by atoms with Crippen LogP contribution < -0.4 is 10.1 Å². The minimum Gasteiger partial charge on any atom is -0.490 e. The summed E-state index contributed by atoms with van der Waals surface area (Å²) in [7, 11) is 0. The average Bonchev–Trinajstić information content (AvgIpc) is 2.30. The van der Waals surface area contributed by atoms with Gasteiger partial charge in [-0.3, -0.25) is 0 Å². The fraction of sp³-hybridized carbons (Fsp3) is 0.538. The predicted octanol–water partition coefficient (Wildman–Crippen LogP) is 3.11. The van der Waals surface area contributed by atoms with Crippen LogP contribution in [0.4, 0.5) is 0 Å². The summed E-state index contributed by atoms with van der Waals surface area (Å²) in [5, 5.41) is 4.14. The van der Waals surface area contributed by atoms with Crippen LogP contribution in [0.25, 0.3) is 0 Å². The van der Waals surface area contributed by atoms with E-state index < -0.39 is 0 Å². The first-order valence-electron chi connectivity index (χ1n) is 5.88. The Balaban J connectivity index is 1.93. The Bertz CT molecular complexity index is 336. The van der Waals surface area contributed by atoms with Gasteiger partial charge in [0.2, 0.25) is 0 Å². The Morgan fingerprint density at radius 1 is 1.50 bits per heavy atom. The van der Waals surface area contributed by atoms with Gasteiger partial charge >= 0.3 is 0 Å². The van der Waals surface area contributed by atoms with Crippen molar-refractivity contribution in [1.82, 2.24) is 5.32 Å². The molecule has 0 radical (unpaired) electrons. The van der Waals surface area contributed by atoms with Gasteiger partial charge in [0.1, 0.15) is 5.75 Å². The highest BCUT2D eigenvalue weighted by atomic mass is 35.5. The second-order valence-electron chi connectivity index (χ2n) is 4.39. The summed E-state index contributed by atoms with van der Waals surface area (Å²) in [4.78, 5) is 0. The van der Waals surface area contributed by atoms with Crippen molar-refractivity contribution in [1.29, 1.82) is 0 Å². The Morgan fingerprint density at radius 2 is 2.38 bits per heavy atom. The Morgan fingerprint density at radius 3 is 3.06 bits per heavy atom. The third-order valence-electron chi connectivity index (χ3n) is 3.12. The van der Waals surface area contributed by atoms with Crippen LogP contribution in [-0.2, 0) is 0 Å². The van der Waals surface area contributed by atoms with E-state index in [1.54, 1.807) is 0 Å². The smallest absolute Gasteiger partial charge is 0.121 e. The number of ether oxygens (including phenoxy) is 1. The van der Waals surface area contributed by atoms with Gasteiger partial charge in [0.15, 0.2) is 0 Å². The number of halogens is 1. The van der Waals surface area contributed by atoms with E-state index in [4.69, 9.17) is 16.3 Å². The van der Waals surface area contributed by atoms with Crippen molar-refractivity contribution >= 4 is 11.6 Å². The van der Waals surface area contributed by atoms with E-state index in [0.29, 0.717) is 5.92 Å². The van der Waals surface area contributed by atoms with Crippen molar-refractivity contribution in [2.75, 3.05) is 13.1 Å². The lowest BCUT2D eigenvalue weighted by Crippen LogP contribution is -2.37. The minimum absolute atomic E-state index is 0.242. The van der Waals surface area contributed by atoms with Crippen molar-refractivity contribution in [3.8, 4) is 5.75 Å². The van der Waals surface area contributed by atoms with Crippen LogP contribution in [0.2, 0.25) is 5.02 Å². The van der Waals surface area contributed by atoms with E-state index in [0.717, 1.165) is 23.9 Å². The molecule has 0 aliphatic carbocycles. The van der Waals surface area contributed by atoms with Crippen LogP contribution in [0.1, 0.15) is 19.8 Å².